The zero-order valence-electron chi connectivity index (χ0n) is 32.9. The maximum absolute atomic E-state index is 13.9. The Labute approximate surface area is 364 Å². The molecular formula is C49H32Cl2N6O5. The van der Waals surface area contributed by atoms with Crippen LogP contribution in [0.25, 0.3) is 32.7 Å². The number of azo groups is 2. The van der Waals surface area contributed by atoms with Crippen LogP contribution in [0.5, 0.6) is 11.5 Å². The van der Waals surface area contributed by atoms with Crippen molar-refractivity contribution >= 4 is 96.5 Å². The summed E-state index contributed by atoms with van der Waals surface area (Å²) in [4.78, 5) is 44.1. The minimum absolute atomic E-state index is 0.0265. The normalized spacial score (nSPS) is 12.0. The van der Waals surface area contributed by atoms with Crippen LogP contribution in [-0.4, -0.2) is 41.9 Å². The van der Waals surface area contributed by atoms with Gasteiger partial charge in [0, 0.05) is 57.4 Å². The van der Waals surface area contributed by atoms with E-state index < -0.39 is 11.8 Å². The van der Waals surface area contributed by atoms with Gasteiger partial charge in [-0.1, -0.05) is 96.0 Å². The number of anilines is 2. The van der Waals surface area contributed by atoms with E-state index in [1.807, 2.05) is 24.3 Å². The van der Waals surface area contributed by atoms with Crippen LogP contribution in [0.2, 0.25) is 10.0 Å². The number of halogens is 2. The van der Waals surface area contributed by atoms with Gasteiger partial charge in [-0.3, -0.25) is 14.4 Å². The third-order valence-electron chi connectivity index (χ3n) is 10.8. The molecule has 0 saturated carbocycles. The quantitative estimate of drug-likeness (QED) is 0.146. The van der Waals surface area contributed by atoms with Crippen LogP contribution in [0, 0.1) is 0 Å². The lowest BCUT2D eigenvalue weighted by molar-refractivity contribution is 0.0982. The van der Waals surface area contributed by atoms with Gasteiger partial charge in [-0.2, -0.15) is 10.2 Å². The van der Waals surface area contributed by atoms with Crippen molar-refractivity contribution in [2.75, 3.05) is 23.9 Å². The first kappa shape index (κ1) is 39.7. The van der Waals surface area contributed by atoms with Crippen molar-refractivity contribution in [3.8, 4) is 22.6 Å². The summed E-state index contributed by atoms with van der Waals surface area (Å²) in [7, 11) is 3.18. The lowest BCUT2D eigenvalue weighted by Crippen LogP contribution is -2.26. The van der Waals surface area contributed by atoms with E-state index in [2.05, 4.69) is 20.5 Å². The molecule has 1 aliphatic carbocycles. The fraction of sp³-hybridized carbons (Fsp3) is 0.0408. The largest absolute Gasteiger partial charge is 0.505 e. The standard InChI is InChI=1S/C49H32Cl2N6O5/c1-56(33-13-7-11-29(50)23-33)48(61)41-21-27-9-3-5-15-35(27)43(46(41)59)54-52-31-17-19-37-38-20-18-32(26-40(38)45(58)39(37)25-31)53-55-44-36-16-6-4-10-28(36)22-42(47(44)60)49(62)57(2)34-14-8-12-30(51)24-34/h3-26,59-60H,1-2H3. The minimum atomic E-state index is -0.474. The van der Waals surface area contributed by atoms with E-state index in [9.17, 15) is 24.6 Å². The van der Waals surface area contributed by atoms with E-state index in [1.54, 1.807) is 135 Å². The number of hydrogen-bond acceptors (Lipinski definition) is 9. The Kier molecular flexibility index (Phi) is 10.3. The Morgan fingerprint density at radius 2 is 0.903 bits per heavy atom. The highest BCUT2D eigenvalue weighted by Gasteiger charge is 2.28. The molecule has 0 spiro atoms. The third-order valence-corrected chi connectivity index (χ3v) is 11.2. The molecule has 0 aromatic heterocycles. The Morgan fingerprint density at radius 1 is 0.484 bits per heavy atom. The number of ketones is 1. The van der Waals surface area contributed by atoms with Gasteiger partial charge in [0.1, 0.15) is 11.4 Å². The van der Waals surface area contributed by atoms with Gasteiger partial charge in [-0.25, -0.2) is 0 Å². The van der Waals surface area contributed by atoms with Gasteiger partial charge in [-0.05, 0) is 94.7 Å². The minimum Gasteiger partial charge on any atom is -0.505 e. The number of nitrogens with zero attached hydrogens (tertiary/aromatic N) is 6. The van der Waals surface area contributed by atoms with Crippen molar-refractivity contribution in [3.05, 3.63) is 178 Å². The van der Waals surface area contributed by atoms with Crippen LogP contribution in [0.1, 0.15) is 36.6 Å². The molecule has 0 radical (unpaired) electrons. The number of aromatic hydroxyl groups is 2. The molecule has 302 valence electrons. The number of hydrogen-bond donors (Lipinski definition) is 2. The highest BCUT2D eigenvalue weighted by Crippen LogP contribution is 2.44. The number of carbonyl (C=O) groups excluding carboxylic acids is 3. The number of phenols is 2. The molecule has 11 nitrogen and oxygen atoms in total. The van der Waals surface area contributed by atoms with Crippen LogP contribution in [0.15, 0.2) is 166 Å². The van der Waals surface area contributed by atoms with E-state index in [4.69, 9.17) is 23.2 Å². The molecule has 2 N–H and O–H groups in total. The second-order valence-electron chi connectivity index (χ2n) is 14.6. The summed E-state index contributed by atoms with van der Waals surface area (Å²) >= 11 is 12.4. The first-order chi connectivity index (χ1) is 30.0. The number of benzene rings is 8. The van der Waals surface area contributed by atoms with E-state index in [0.29, 0.717) is 76.6 Å². The highest BCUT2D eigenvalue weighted by molar-refractivity contribution is 6.31. The highest BCUT2D eigenvalue weighted by atomic mass is 35.5. The van der Waals surface area contributed by atoms with Gasteiger partial charge in [0.15, 0.2) is 17.3 Å². The fourth-order valence-corrected chi connectivity index (χ4v) is 7.89. The Morgan fingerprint density at radius 3 is 1.32 bits per heavy atom. The Hall–Kier alpha value is -7.73. The summed E-state index contributed by atoms with van der Waals surface area (Å²) in [6, 6.07) is 41.5. The molecule has 8 aromatic rings. The summed E-state index contributed by atoms with van der Waals surface area (Å²) in [6.45, 7) is 0. The molecule has 13 heteroatoms. The first-order valence-electron chi connectivity index (χ1n) is 19.2. The molecule has 0 bridgehead atoms. The van der Waals surface area contributed by atoms with Crippen LogP contribution >= 0.6 is 23.2 Å². The number of fused-ring (bicyclic) bond motifs is 5. The summed E-state index contributed by atoms with van der Waals surface area (Å²) in [5.41, 5.74) is 4.19. The van der Waals surface area contributed by atoms with Crippen molar-refractivity contribution in [3.63, 3.8) is 0 Å². The summed E-state index contributed by atoms with van der Waals surface area (Å²) < 4.78 is 0. The van der Waals surface area contributed by atoms with Crippen molar-refractivity contribution in [1.82, 2.24) is 0 Å². The molecular weight excluding hydrogens is 823 g/mol. The zero-order chi connectivity index (χ0) is 43.2. The SMILES string of the molecule is CN(C(=O)c1cc2ccccc2c(N=Nc2ccc3c(c2)C(=O)c2cc(N=Nc4c(O)c(C(=O)N(C)c5cccc(Cl)c5)cc5ccccc45)ccc2-3)c1O)c1cccc(Cl)c1. The molecule has 8 aromatic carbocycles. The van der Waals surface area contributed by atoms with Gasteiger partial charge >= 0.3 is 0 Å². The van der Waals surface area contributed by atoms with Crippen LogP contribution in [-0.2, 0) is 0 Å². The number of rotatable bonds is 8. The fourth-order valence-electron chi connectivity index (χ4n) is 7.52. The van der Waals surface area contributed by atoms with Gasteiger partial charge in [0.2, 0.25) is 0 Å². The van der Waals surface area contributed by atoms with Crippen molar-refractivity contribution in [2.45, 2.75) is 0 Å². The zero-order valence-corrected chi connectivity index (χ0v) is 34.4. The number of carbonyl (C=O) groups is 3. The van der Waals surface area contributed by atoms with Gasteiger partial charge in [0.25, 0.3) is 11.8 Å². The second-order valence-corrected chi connectivity index (χ2v) is 15.4. The van der Waals surface area contributed by atoms with Gasteiger partial charge in [0.05, 0.1) is 22.5 Å². The average molecular weight is 856 g/mol. The second kappa shape index (κ2) is 16.0. The maximum Gasteiger partial charge on any atom is 0.261 e. The van der Waals surface area contributed by atoms with E-state index in [0.717, 1.165) is 0 Å². The summed E-state index contributed by atoms with van der Waals surface area (Å²) in [5, 5.41) is 44.1. The predicted molar refractivity (Wildman–Crippen MR) is 243 cm³/mol. The molecule has 0 aliphatic heterocycles. The average Bonchev–Trinajstić information content (AvgIpc) is 3.56. The Bertz CT molecular complexity index is 3040. The van der Waals surface area contributed by atoms with Crippen LogP contribution in [0.3, 0.4) is 0 Å². The third kappa shape index (κ3) is 7.19. The number of phenolic OH excluding ortho intramolecular Hbond substituents is 2. The molecule has 0 saturated heterocycles. The van der Waals surface area contributed by atoms with Gasteiger partial charge in [-0.15, -0.1) is 10.2 Å². The van der Waals surface area contributed by atoms with Crippen molar-refractivity contribution < 1.29 is 24.6 Å². The molecule has 62 heavy (non-hydrogen) atoms. The van der Waals surface area contributed by atoms with E-state index in [-0.39, 0.29) is 39.8 Å². The van der Waals surface area contributed by atoms with Crippen LogP contribution < -0.4 is 9.80 Å². The maximum atomic E-state index is 13.9. The van der Waals surface area contributed by atoms with Gasteiger partial charge < -0.3 is 20.0 Å². The van der Waals surface area contributed by atoms with E-state index in [1.165, 1.54) is 9.80 Å². The predicted octanol–water partition coefficient (Wildman–Crippen LogP) is 13.3. The summed E-state index contributed by atoms with van der Waals surface area (Å²) in [5.74, 6) is -1.90. The topological polar surface area (TPSA) is 148 Å². The van der Waals surface area contributed by atoms with E-state index >= 15 is 0 Å². The van der Waals surface area contributed by atoms with Crippen LogP contribution in [0.4, 0.5) is 34.1 Å². The smallest absolute Gasteiger partial charge is 0.261 e. The molecule has 2 amide bonds. The molecule has 1 aliphatic rings. The molecule has 0 unspecified atom stereocenters. The molecule has 9 rings (SSSR count). The lowest BCUT2D eigenvalue weighted by atomic mass is 10.0. The summed E-state index contributed by atoms with van der Waals surface area (Å²) in [6.07, 6.45) is 0. The molecule has 0 fully saturated rings. The van der Waals surface area contributed by atoms with Crippen molar-refractivity contribution in [1.29, 1.82) is 0 Å². The molecule has 0 heterocycles. The number of amides is 2. The Balaban J connectivity index is 1.00. The monoisotopic (exact) mass is 854 g/mol. The first-order valence-corrected chi connectivity index (χ1v) is 20.0. The lowest BCUT2D eigenvalue weighted by Gasteiger charge is -2.19. The molecule has 0 atom stereocenters. The van der Waals surface area contributed by atoms with Crippen molar-refractivity contribution in [2.24, 2.45) is 20.5 Å².